The highest BCUT2D eigenvalue weighted by Crippen LogP contribution is 2.15. The van der Waals surface area contributed by atoms with Crippen molar-refractivity contribution >= 4 is 29.3 Å². The zero-order valence-corrected chi connectivity index (χ0v) is 15.8. The van der Waals surface area contributed by atoms with E-state index in [1.165, 1.54) is 0 Å². The molecule has 0 aliphatic carbocycles. The predicted octanol–water partition coefficient (Wildman–Crippen LogP) is 4.95. The fraction of sp³-hybridized carbons (Fsp3) is 0.0435. The monoisotopic (exact) mass is 390 g/mol. The van der Waals surface area contributed by atoms with Crippen LogP contribution in [-0.2, 0) is 4.79 Å². The van der Waals surface area contributed by atoms with E-state index in [1.807, 2.05) is 72.8 Å². The number of nitrogens with one attached hydrogen (secondary N) is 1. The number of hydrogen-bond acceptors (Lipinski definition) is 3. The Labute approximate surface area is 169 Å². The third kappa shape index (κ3) is 6.11. The molecule has 0 unspecified atom stereocenters. The maximum Gasteiger partial charge on any atom is 0.277 e. The zero-order chi connectivity index (χ0) is 19.6. The summed E-state index contributed by atoms with van der Waals surface area (Å²) in [7, 11) is 0. The Balaban J connectivity index is 1.67. The summed E-state index contributed by atoms with van der Waals surface area (Å²) in [5.41, 5.74) is 5.13. The van der Waals surface area contributed by atoms with E-state index in [0.717, 1.165) is 11.1 Å². The number of rotatable bonds is 7. The second kappa shape index (κ2) is 10.1. The molecule has 0 aliphatic rings. The maximum absolute atomic E-state index is 12.1. The van der Waals surface area contributed by atoms with Gasteiger partial charge in [-0.25, -0.2) is 5.43 Å². The van der Waals surface area contributed by atoms with E-state index in [9.17, 15) is 4.79 Å². The summed E-state index contributed by atoms with van der Waals surface area (Å²) in [6, 6.07) is 26.4. The largest absolute Gasteiger partial charge is 0.484 e. The third-order valence-electron chi connectivity index (χ3n) is 3.79. The first kappa shape index (κ1) is 19.4. The maximum atomic E-state index is 12.1. The first-order chi connectivity index (χ1) is 13.7. The van der Waals surface area contributed by atoms with Crippen LogP contribution in [0.5, 0.6) is 5.75 Å². The summed E-state index contributed by atoms with van der Waals surface area (Å²) >= 11 is 5.83. The number of hydrazone groups is 1. The summed E-state index contributed by atoms with van der Waals surface area (Å²) in [5, 5.41) is 4.87. The van der Waals surface area contributed by atoms with Gasteiger partial charge in [-0.15, -0.1) is 0 Å². The van der Waals surface area contributed by atoms with Crippen molar-refractivity contribution in [2.75, 3.05) is 6.61 Å². The molecule has 0 spiro atoms. The summed E-state index contributed by atoms with van der Waals surface area (Å²) in [6.45, 7) is -0.143. The van der Waals surface area contributed by atoms with E-state index in [-0.39, 0.29) is 12.5 Å². The topological polar surface area (TPSA) is 50.7 Å². The van der Waals surface area contributed by atoms with Crippen LogP contribution in [0.15, 0.2) is 96.1 Å². The molecular formula is C23H19ClN2O2. The molecular weight excluding hydrogens is 372 g/mol. The molecule has 4 nitrogen and oxygen atoms in total. The summed E-state index contributed by atoms with van der Waals surface area (Å²) < 4.78 is 5.43. The first-order valence-corrected chi connectivity index (χ1v) is 9.12. The van der Waals surface area contributed by atoms with Gasteiger partial charge in [0, 0.05) is 10.6 Å². The van der Waals surface area contributed by atoms with Crippen LogP contribution in [0.1, 0.15) is 11.1 Å². The first-order valence-electron chi connectivity index (χ1n) is 8.74. The van der Waals surface area contributed by atoms with Gasteiger partial charge >= 0.3 is 0 Å². The molecule has 0 radical (unpaired) electrons. The van der Waals surface area contributed by atoms with Crippen LogP contribution in [0, 0.1) is 0 Å². The van der Waals surface area contributed by atoms with Gasteiger partial charge in [-0.1, -0.05) is 78.3 Å². The smallest absolute Gasteiger partial charge is 0.277 e. The Bertz CT molecular complexity index is 953. The van der Waals surface area contributed by atoms with Gasteiger partial charge in [0.15, 0.2) is 6.61 Å². The second-order valence-corrected chi connectivity index (χ2v) is 6.32. The number of allylic oxidation sites excluding steroid dienone is 1. The molecule has 5 heteroatoms. The normalized spacial score (nSPS) is 11.4. The van der Waals surface area contributed by atoms with E-state index < -0.39 is 0 Å². The van der Waals surface area contributed by atoms with Crippen molar-refractivity contribution in [3.8, 4) is 5.75 Å². The molecule has 3 aromatic carbocycles. The number of ether oxygens (including phenoxy) is 1. The molecule has 140 valence electrons. The van der Waals surface area contributed by atoms with Gasteiger partial charge in [0.2, 0.25) is 0 Å². The lowest BCUT2D eigenvalue weighted by Crippen LogP contribution is -2.25. The van der Waals surface area contributed by atoms with Crippen molar-refractivity contribution in [3.63, 3.8) is 0 Å². The molecule has 0 atom stereocenters. The fourth-order valence-electron chi connectivity index (χ4n) is 2.38. The molecule has 0 fully saturated rings. The van der Waals surface area contributed by atoms with E-state index in [4.69, 9.17) is 16.3 Å². The van der Waals surface area contributed by atoms with E-state index in [0.29, 0.717) is 16.5 Å². The molecule has 0 bridgehead atoms. The second-order valence-electron chi connectivity index (χ2n) is 5.88. The number of halogens is 1. The van der Waals surface area contributed by atoms with Crippen LogP contribution >= 0.6 is 11.6 Å². The lowest BCUT2D eigenvalue weighted by molar-refractivity contribution is -0.123. The Morgan fingerprint density at radius 1 is 0.929 bits per heavy atom. The number of benzene rings is 3. The van der Waals surface area contributed by atoms with Crippen molar-refractivity contribution in [2.24, 2.45) is 5.10 Å². The Kier molecular flexibility index (Phi) is 6.99. The third-order valence-corrected chi connectivity index (χ3v) is 4.04. The molecule has 3 aromatic rings. The average molecular weight is 391 g/mol. The predicted molar refractivity (Wildman–Crippen MR) is 114 cm³/mol. The van der Waals surface area contributed by atoms with Crippen molar-refractivity contribution in [3.05, 3.63) is 107 Å². The number of nitrogens with zero attached hydrogens (tertiary/aromatic N) is 1. The highest BCUT2D eigenvalue weighted by atomic mass is 35.5. The standard InChI is InChI=1S/C23H19ClN2O2/c24-20-12-14-21(15-13-20)28-17-23(27)26-25-22(19-9-5-2-6-10-19)16-11-18-7-3-1-4-8-18/h1-16H,17H2,(H,26,27)/b16-11+,25-22-. The minimum Gasteiger partial charge on any atom is -0.484 e. The number of carbonyl (C=O) groups is 1. The van der Waals surface area contributed by atoms with Crippen LogP contribution in [0.25, 0.3) is 6.08 Å². The van der Waals surface area contributed by atoms with Crippen LogP contribution in [-0.4, -0.2) is 18.2 Å². The van der Waals surface area contributed by atoms with Gasteiger partial charge in [-0.3, -0.25) is 4.79 Å². The molecule has 0 aliphatic heterocycles. The molecule has 0 saturated carbocycles. The molecule has 1 N–H and O–H groups in total. The zero-order valence-electron chi connectivity index (χ0n) is 15.1. The SMILES string of the molecule is O=C(COc1ccc(Cl)cc1)N/N=C(/C=C/c1ccccc1)c1ccccc1. The van der Waals surface area contributed by atoms with E-state index in [2.05, 4.69) is 10.5 Å². The van der Waals surface area contributed by atoms with E-state index in [1.54, 1.807) is 24.3 Å². The summed E-state index contributed by atoms with van der Waals surface area (Å²) in [4.78, 5) is 12.1. The van der Waals surface area contributed by atoms with Crippen molar-refractivity contribution in [1.82, 2.24) is 5.43 Å². The van der Waals surface area contributed by atoms with Gasteiger partial charge in [0.25, 0.3) is 5.91 Å². The van der Waals surface area contributed by atoms with Crippen LogP contribution < -0.4 is 10.2 Å². The van der Waals surface area contributed by atoms with Gasteiger partial charge in [-0.2, -0.15) is 5.10 Å². The van der Waals surface area contributed by atoms with Crippen LogP contribution in [0.4, 0.5) is 0 Å². The fourth-order valence-corrected chi connectivity index (χ4v) is 2.51. The number of hydrogen-bond donors (Lipinski definition) is 1. The van der Waals surface area contributed by atoms with Gasteiger partial charge in [0.05, 0.1) is 5.71 Å². The molecule has 0 saturated heterocycles. The minimum atomic E-state index is -0.350. The molecule has 1 amide bonds. The summed E-state index contributed by atoms with van der Waals surface area (Å²) in [5.74, 6) is 0.215. The van der Waals surface area contributed by atoms with Crippen molar-refractivity contribution in [1.29, 1.82) is 0 Å². The Morgan fingerprint density at radius 3 is 2.25 bits per heavy atom. The van der Waals surface area contributed by atoms with Crippen molar-refractivity contribution in [2.45, 2.75) is 0 Å². The lowest BCUT2D eigenvalue weighted by atomic mass is 10.1. The molecule has 3 rings (SSSR count). The Morgan fingerprint density at radius 2 is 1.57 bits per heavy atom. The quantitative estimate of drug-likeness (QED) is 0.458. The highest BCUT2D eigenvalue weighted by molar-refractivity contribution is 6.30. The summed E-state index contributed by atoms with van der Waals surface area (Å²) in [6.07, 6.45) is 3.81. The molecule has 0 heterocycles. The molecule has 0 aromatic heterocycles. The minimum absolute atomic E-state index is 0.143. The van der Waals surface area contributed by atoms with Gasteiger partial charge in [-0.05, 0) is 35.9 Å². The Hall–Kier alpha value is -3.37. The van der Waals surface area contributed by atoms with Crippen LogP contribution in [0.2, 0.25) is 5.02 Å². The van der Waals surface area contributed by atoms with Gasteiger partial charge < -0.3 is 4.74 Å². The average Bonchev–Trinajstić information content (AvgIpc) is 2.75. The van der Waals surface area contributed by atoms with E-state index >= 15 is 0 Å². The van der Waals surface area contributed by atoms with Crippen molar-refractivity contribution < 1.29 is 9.53 Å². The van der Waals surface area contributed by atoms with Crippen LogP contribution in [0.3, 0.4) is 0 Å². The number of carbonyl (C=O) groups excluding carboxylic acids is 1. The lowest BCUT2D eigenvalue weighted by Gasteiger charge is -2.06. The number of amides is 1. The van der Waals surface area contributed by atoms with Gasteiger partial charge in [0.1, 0.15) is 5.75 Å². The molecule has 28 heavy (non-hydrogen) atoms. The highest BCUT2D eigenvalue weighted by Gasteiger charge is 2.04.